The molecule has 0 saturated carbocycles. The molecule has 0 saturated heterocycles. The number of hydrogen-bond acceptors (Lipinski definition) is 4. The fourth-order valence-corrected chi connectivity index (χ4v) is 0.720. The molecule has 0 aliphatic rings. The second-order valence-electron chi connectivity index (χ2n) is 1.82. The zero-order chi connectivity index (χ0) is 7.49. The Kier molecular flexibility index (Phi) is 7.42. The van der Waals surface area contributed by atoms with E-state index in [1.165, 1.54) is 6.92 Å². The molecule has 1 unspecified atom stereocenters. The van der Waals surface area contributed by atoms with Gasteiger partial charge in [0.1, 0.15) is 0 Å². The summed E-state index contributed by atoms with van der Waals surface area (Å²) in [5.41, 5.74) is 0. The Labute approximate surface area is 82.7 Å². The first-order valence-corrected chi connectivity index (χ1v) is 4.01. The van der Waals surface area contributed by atoms with Crippen molar-refractivity contribution >= 4 is 10.1 Å². The summed E-state index contributed by atoms with van der Waals surface area (Å²) in [6.45, 7) is 1.02. The molecule has 1 N–H and O–H groups in total. The minimum absolute atomic E-state index is 0. The van der Waals surface area contributed by atoms with Crippen LogP contribution in [0.5, 0.6) is 0 Å². The monoisotopic (exact) mass is 176 g/mol. The van der Waals surface area contributed by atoms with E-state index in [2.05, 4.69) is 0 Å². The van der Waals surface area contributed by atoms with Crippen molar-refractivity contribution in [1.29, 1.82) is 0 Å². The quantitative estimate of drug-likeness (QED) is 0.355. The van der Waals surface area contributed by atoms with Crippen molar-refractivity contribution in [2.24, 2.45) is 0 Å². The Hall–Kier alpha value is 0.870. The molecule has 1 atom stereocenters. The van der Waals surface area contributed by atoms with Crippen LogP contribution in [0.15, 0.2) is 0 Å². The molecule has 4 nitrogen and oxygen atoms in total. The van der Waals surface area contributed by atoms with Crippen LogP contribution in [0.4, 0.5) is 0 Å². The Bertz CT molecular complexity index is 164. The molecule has 0 heterocycles. The zero-order valence-electron chi connectivity index (χ0n) is 6.07. The van der Waals surface area contributed by atoms with Gasteiger partial charge < -0.3 is 9.66 Å². The Morgan fingerprint density at radius 2 is 2.00 bits per heavy atom. The molecule has 0 rings (SSSR count). The topological polar surface area (TPSA) is 77.4 Å². The van der Waals surface area contributed by atoms with Crippen LogP contribution in [0.1, 0.15) is 13.3 Å². The van der Waals surface area contributed by atoms with Crippen molar-refractivity contribution < 1.29 is 47.6 Å². The van der Waals surface area contributed by atoms with Gasteiger partial charge in [-0.15, -0.1) is 0 Å². The first-order chi connectivity index (χ1) is 3.98. The molecule has 0 aromatic rings. The summed E-state index contributed by atoms with van der Waals surface area (Å²) in [6, 6.07) is 0. The fourth-order valence-electron chi connectivity index (χ4n) is 0.326. The Balaban J connectivity index is 0. The second-order valence-corrected chi connectivity index (χ2v) is 3.61. The summed E-state index contributed by atoms with van der Waals surface area (Å²) in [5, 5.41) is 7.23. The molecule has 0 spiro atoms. The summed E-state index contributed by atoms with van der Waals surface area (Å²) < 4.78 is 30.2. The van der Waals surface area contributed by atoms with Crippen LogP contribution in [-0.2, 0) is 10.1 Å². The smallest absolute Gasteiger partial charge is 0.748 e. The van der Waals surface area contributed by atoms with E-state index in [0.29, 0.717) is 0 Å². The minimum Gasteiger partial charge on any atom is -0.748 e. The standard InChI is InChI=1S/C4H10O4S.Na/c1-4(2-3-5)9(6,7)8;/h4-5H,2-3H2,1H3,(H,6,7,8);/q;+1/p-1. The molecule has 0 amide bonds. The summed E-state index contributed by atoms with van der Waals surface area (Å²) in [4.78, 5) is 0. The van der Waals surface area contributed by atoms with E-state index in [-0.39, 0.29) is 42.6 Å². The van der Waals surface area contributed by atoms with Gasteiger partial charge in [0.25, 0.3) is 0 Å². The molecule has 56 valence electrons. The predicted octanol–water partition coefficient (Wildman–Crippen LogP) is -3.69. The predicted molar refractivity (Wildman–Crippen MR) is 30.9 cm³/mol. The fraction of sp³-hybridized carbons (Fsp3) is 1.00. The van der Waals surface area contributed by atoms with Crippen molar-refractivity contribution in [3.63, 3.8) is 0 Å². The molecule has 0 radical (unpaired) electrons. The molecule has 0 aromatic heterocycles. The van der Waals surface area contributed by atoms with Gasteiger partial charge in [0.15, 0.2) is 0 Å². The van der Waals surface area contributed by atoms with Gasteiger partial charge in [0.2, 0.25) is 0 Å². The van der Waals surface area contributed by atoms with E-state index in [9.17, 15) is 13.0 Å². The third-order valence-electron chi connectivity index (χ3n) is 1.03. The molecular weight excluding hydrogens is 167 g/mol. The molecular formula is C4H9NaO4S. The number of hydrogen-bond donors (Lipinski definition) is 1. The average molecular weight is 176 g/mol. The molecule has 0 aromatic carbocycles. The minimum atomic E-state index is -4.17. The summed E-state index contributed by atoms with van der Waals surface area (Å²) >= 11 is 0. The maximum absolute atomic E-state index is 10.1. The van der Waals surface area contributed by atoms with Crippen molar-refractivity contribution in [3.8, 4) is 0 Å². The first-order valence-electron chi connectivity index (χ1n) is 2.54. The second kappa shape index (κ2) is 5.51. The van der Waals surface area contributed by atoms with Crippen LogP contribution < -0.4 is 29.6 Å². The van der Waals surface area contributed by atoms with Gasteiger partial charge in [0, 0.05) is 11.9 Å². The molecule has 0 fully saturated rings. The van der Waals surface area contributed by atoms with Crippen LogP contribution in [0.2, 0.25) is 0 Å². The molecule has 6 heteroatoms. The van der Waals surface area contributed by atoms with Gasteiger partial charge in [-0.25, -0.2) is 8.42 Å². The Morgan fingerprint density at radius 3 is 2.10 bits per heavy atom. The molecule has 0 aliphatic carbocycles. The maximum Gasteiger partial charge on any atom is 1.00 e. The molecule has 0 bridgehead atoms. The van der Waals surface area contributed by atoms with Gasteiger partial charge >= 0.3 is 29.6 Å². The summed E-state index contributed by atoms with van der Waals surface area (Å²) in [7, 11) is -4.17. The van der Waals surface area contributed by atoms with Crippen LogP contribution in [0.3, 0.4) is 0 Å². The van der Waals surface area contributed by atoms with Gasteiger partial charge in [-0.05, 0) is 13.3 Å². The van der Waals surface area contributed by atoms with Crippen LogP contribution in [0, 0.1) is 0 Å². The average Bonchev–Trinajstić information content (AvgIpc) is 1.64. The number of rotatable bonds is 3. The summed E-state index contributed by atoms with van der Waals surface area (Å²) in [5.74, 6) is 0. The van der Waals surface area contributed by atoms with Crippen molar-refractivity contribution in [2.45, 2.75) is 18.6 Å². The molecule has 10 heavy (non-hydrogen) atoms. The van der Waals surface area contributed by atoms with E-state index in [1.807, 2.05) is 0 Å². The van der Waals surface area contributed by atoms with Crippen LogP contribution in [0.25, 0.3) is 0 Å². The maximum atomic E-state index is 10.1. The van der Waals surface area contributed by atoms with Crippen molar-refractivity contribution in [2.75, 3.05) is 6.61 Å². The van der Waals surface area contributed by atoms with E-state index in [4.69, 9.17) is 5.11 Å². The normalized spacial score (nSPS) is 13.9. The van der Waals surface area contributed by atoms with Gasteiger partial charge in [-0.3, -0.25) is 0 Å². The van der Waals surface area contributed by atoms with E-state index in [1.54, 1.807) is 0 Å². The Morgan fingerprint density at radius 1 is 1.60 bits per heavy atom. The zero-order valence-corrected chi connectivity index (χ0v) is 8.89. The van der Waals surface area contributed by atoms with E-state index < -0.39 is 15.4 Å². The van der Waals surface area contributed by atoms with E-state index in [0.717, 1.165) is 0 Å². The van der Waals surface area contributed by atoms with Crippen molar-refractivity contribution in [3.05, 3.63) is 0 Å². The third-order valence-corrected chi connectivity index (χ3v) is 2.25. The van der Waals surface area contributed by atoms with E-state index >= 15 is 0 Å². The van der Waals surface area contributed by atoms with Gasteiger partial charge in [-0.1, -0.05) is 0 Å². The van der Waals surface area contributed by atoms with Crippen LogP contribution in [-0.4, -0.2) is 29.9 Å². The largest absolute Gasteiger partial charge is 1.00 e. The number of aliphatic hydroxyl groups excluding tert-OH is 1. The van der Waals surface area contributed by atoms with Gasteiger partial charge in [-0.2, -0.15) is 0 Å². The SMILES string of the molecule is CC(CCO)S(=O)(=O)[O-].[Na+]. The third kappa shape index (κ3) is 5.64. The van der Waals surface area contributed by atoms with Gasteiger partial charge in [0.05, 0.1) is 10.1 Å². The van der Waals surface area contributed by atoms with Crippen molar-refractivity contribution in [1.82, 2.24) is 0 Å². The number of aliphatic hydroxyl groups is 1. The van der Waals surface area contributed by atoms with Crippen LogP contribution >= 0.6 is 0 Å². The summed E-state index contributed by atoms with van der Waals surface area (Å²) in [6.07, 6.45) is 0.0197. The first kappa shape index (κ1) is 13.5. The molecule has 0 aliphatic heterocycles.